The van der Waals surface area contributed by atoms with E-state index in [0.29, 0.717) is 56.3 Å². The number of aromatic hydroxyl groups is 1. The number of likely N-dealkylation sites (N-methyl/N-ethyl adjacent to an activating group) is 1. The summed E-state index contributed by atoms with van der Waals surface area (Å²) >= 11 is 1.21. The zero-order valence-electron chi connectivity index (χ0n) is 20.9. The first-order valence-corrected chi connectivity index (χ1v) is 12.5. The number of ether oxygens (including phenoxy) is 2. The number of fused-ring (bicyclic) bond motifs is 1. The molecule has 1 aromatic heterocycles. The predicted octanol–water partition coefficient (Wildman–Crippen LogP) is 2.83. The molecule has 3 aromatic rings. The number of rotatable bonds is 7. The smallest absolute Gasteiger partial charge is 0.271 e. The lowest BCUT2D eigenvalue weighted by atomic mass is 9.93. The van der Waals surface area contributed by atoms with Crippen molar-refractivity contribution >= 4 is 23.3 Å². The number of para-hydroxylation sites is 1. The summed E-state index contributed by atoms with van der Waals surface area (Å²) in [5.74, 6) is 0.982. The summed E-state index contributed by atoms with van der Waals surface area (Å²) in [6.45, 7) is 6.66. The highest BCUT2D eigenvalue weighted by Crippen LogP contribution is 2.38. The largest absolute Gasteiger partial charge is 0.507 e. The van der Waals surface area contributed by atoms with E-state index in [-0.39, 0.29) is 17.2 Å². The van der Waals surface area contributed by atoms with Crippen molar-refractivity contribution in [2.75, 3.05) is 27.3 Å². The van der Waals surface area contributed by atoms with Crippen molar-refractivity contribution < 1.29 is 19.4 Å². The number of phenolic OH excluding ortho intramolecular Hbond substituents is 1. The molecular formula is C27H29N3O5S. The number of carbonyl (C=O) groups excluding carboxylic acids is 1. The summed E-state index contributed by atoms with van der Waals surface area (Å²) in [5.41, 5.74) is 1.78. The number of amides is 1. The van der Waals surface area contributed by atoms with Gasteiger partial charge in [-0.25, -0.2) is 4.99 Å². The summed E-state index contributed by atoms with van der Waals surface area (Å²) in [6.07, 6.45) is 1.64. The molecule has 1 aliphatic rings. The van der Waals surface area contributed by atoms with Crippen LogP contribution in [0, 0.1) is 0 Å². The molecule has 8 nitrogen and oxygen atoms in total. The Morgan fingerprint density at radius 1 is 1.17 bits per heavy atom. The van der Waals surface area contributed by atoms with E-state index in [1.54, 1.807) is 74.6 Å². The zero-order valence-corrected chi connectivity index (χ0v) is 21.8. The maximum atomic E-state index is 13.8. The second kappa shape index (κ2) is 10.4. The number of aromatic nitrogens is 1. The van der Waals surface area contributed by atoms with E-state index >= 15 is 0 Å². The Bertz CT molecular complexity index is 1510. The SMILES string of the molecule is CCN(CC)C(=O)C1=C(C)N=c2s/c(=C/c3ccccc3O)c(=O)n2[C@H]1c1cc(OC)ccc1OC. The van der Waals surface area contributed by atoms with Gasteiger partial charge in [-0.15, -0.1) is 0 Å². The van der Waals surface area contributed by atoms with Crippen LogP contribution in [0.3, 0.4) is 0 Å². The zero-order chi connectivity index (χ0) is 26.0. The second-order valence-electron chi connectivity index (χ2n) is 8.23. The number of nitrogens with zero attached hydrogens (tertiary/aromatic N) is 3. The first kappa shape index (κ1) is 25.2. The Morgan fingerprint density at radius 2 is 1.89 bits per heavy atom. The molecule has 0 fully saturated rings. The van der Waals surface area contributed by atoms with Crippen molar-refractivity contribution in [3.05, 3.63) is 84.5 Å². The highest BCUT2D eigenvalue weighted by atomic mass is 32.1. The molecule has 4 rings (SSSR count). The minimum atomic E-state index is -0.772. The van der Waals surface area contributed by atoms with Crippen LogP contribution in [0.4, 0.5) is 0 Å². The first-order chi connectivity index (χ1) is 17.3. The van der Waals surface area contributed by atoms with Crippen LogP contribution in [-0.2, 0) is 4.79 Å². The standard InChI is InChI=1S/C27H29N3O5S/c1-6-29(7-2)26(33)23-16(3)28-27-30(24(23)19-15-18(34-4)12-13-21(19)35-5)25(32)22(36-27)14-17-10-8-9-11-20(17)31/h8-15,24,31H,6-7H2,1-5H3/b22-14+/t24-/m0/s1. The minimum absolute atomic E-state index is 0.0722. The fourth-order valence-electron chi connectivity index (χ4n) is 4.37. The van der Waals surface area contributed by atoms with Crippen molar-refractivity contribution in [1.29, 1.82) is 0 Å². The maximum Gasteiger partial charge on any atom is 0.271 e. The van der Waals surface area contributed by atoms with Crippen LogP contribution in [0.5, 0.6) is 17.2 Å². The van der Waals surface area contributed by atoms with E-state index in [4.69, 9.17) is 9.47 Å². The van der Waals surface area contributed by atoms with Gasteiger partial charge in [0.05, 0.1) is 30.0 Å². The molecule has 0 saturated heterocycles. The molecule has 0 bridgehead atoms. The maximum absolute atomic E-state index is 13.8. The summed E-state index contributed by atoms with van der Waals surface area (Å²) in [6, 6.07) is 11.4. The monoisotopic (exact) mass is 507 g/mol. The fourth-order valence-corrected chi connectivity index (χ4v) is 5.41. The predicted molar refractivity (Wildman–Crippen MR) is 139 cm³/mol. The molecule has 36 heavy (non-hydrogen) atoms. The van der Waals surface area contributed by atoms with Gasteiger partial charge < -0.3 is 19.5 Å². The Morgan fingerprint density at radius 3 is 2.53 bits per heavy atom. The Labute approximate surface area is 213 Å². The number of hydrogen-bond acceptors (Lipinski definition) is 7. The molecule has 0 spiro atoms. The lowest BCUT2D eigenvalue weighted by molar-refractivity contribution is -0.127. The van der Waals surface area contributed by atoms with E-state index in [1.807, 2.05) is 13.8 Å². The molecule has 1 aliphatic heterocycles. The van der Waals surface area contributed by atoms with Crippen LogP contribution in [0.2, 0.25) is 0 Å². The van der Waals surface area contributed by atoms with E-state index in [2.05, 4.69) is 4.99 Å². The van der Waals surface area contributed by atoms with Crippen LogP contribution in [-0.4, -0.2) is 47.8 Å². The average Bonchev–Trinajstić information content (AvgIpc) is 3.19. The molecular weight excluding hydrogens is 478 g/mol. The van der Waals surface area contributed by atoms with Gasteiger partial charge in [-0.1, -0.05) is 29.5 Å². The summed E-state index contributed by atoms with van der Waals surface area (Å²) < 4.78 is 13.1. The average molecular weight is 508 g/mol. The molecule has 0 saturated carbocycles. The third kappa shape index (κ3) is 4.42. The van der Waals surface area contributed by atoms with Crippen molar-refractivity contribution in [2.45, 2.75) is 26.8 Å². The number of hydrogen-bond donors (Lipinski definition) is 1. The number of benzene rings is 2. The van der Waals surface area contributed by atoms with Crippen molar-refractivity contribution in [3.63, 3.8) is 0 Å². The molecule has 2 aromatic carbocycles. The van der Waals surface area contributed by atoms with Gasteiger partial charge in [0, 0.05) is 24.2 Å². The topological polar surface area (TPSA) is 93.4 Å². The van der Waals surface area contributed by atoms with Gasteiger partial charge in [-0.05, 0) is 51.1 Å². The highest BCUT2D eigenvalue weighted by Gasteiger charge is 2.36. The molecule has 188 valence electrons. The van der Waals surface area contributed by atoms with Crippen molar-refractivity contribution in [3.8, 4) is 17.2 Å². The molecule has 1 N–H and O–H groups in total. The molecule has 2 heterocycles. The molecule has 0 radical (unpaired) electrons. The van der Waals surface area contributed by atoms with Crippen LogP contribution in [0.15, 0.2) is 63.5 Å². The molecule has 0 aliphatic carbocycles. The summed E-state index contributed by atoms with van der Waals surface area (Å²) in [7, 11) is 3.11. The molecule has 1 atom stereocenters. The van der Waals surface area contributed by atoms with Crippen LogP contribution in [0.25, 0.3) is 6.08 Å². The fraction of sp³-hybridized carbons (Fsp3) is 0.296. The van der Waals surface area contributed by atoms with Gasteiger partial charge in [0.1, 0.15) is 23.3 Å². The number of phenols is 1. The number of thiazole rings is 1. The number of methoxy groups -OCH3 is 2. The summed E-state index contributed by atoms with van der Waals surface area (Å²) in [5, 5.41) is 10.2. The van der Waals surface area contributed by atoms with E-state index in [0.717, 1.165) is 0 Å². The lowest BCUT2D eigenvalue weighted by Gasteiger charge is -2.30. The number of allylic oxidation sites excluding steroid dienone is 1. The first-order valence-electron chi connectivity index (χ1n) is 11.7. The van der Waals surface area contributed by atoms with E-state index in [9.17, 15) is 14.7 Å². The molecule has 0 unspecified atom stereocenters. The van der Waals surface area contributed by atoms with Gasteiger partial charge in [0.15, 0.2) is 4.80 Å². The van der Waals surface area contributed by atoms with Gasteiger partial charge >= 0.3 is 0 Å². The third-order valence-electron chi connectivity index (χ3n) is 6.26. The van der Waals surface area contributed by atoms with E-state index in [1.165, 1.54) is 15.9 Å². The quantitative estimate of drug-likeness (QED) is 0.531. The lowest BCUT2D eigenvalue weighted by Crippen LogP contribution is -2.43. The van der Waals surface area contributed by atoms with Crippen LogP contribution in [0.1, 0.15) is 37.9 Å². The normalized spacial score (nSPS) is 15.4. The number of carbonyl (C=O) groups is 1. The van der Waals surface area contributed by atoms with Gasteiger partial charge in [-0.2, -0.15) is 0 Å². The van der Waals surface area contributed by atoms with Gasteiger partial charge in [-0.3, -0.25) is 14.2 Å². The Kier molecular flexibility index (Phi) is 7.30. The van der Waals surface area contributed by atoms with Crippen molar-refractivity contribution in [2.24, 2.45) is 4.99 Å². The third-order valence-corrected chi connectivity index (χ3v) is 7.24. The van der Waals surface area contributed by atoms with Gasteiger partial charge in [0.25, 0.3) is 11.5 Å². The Hall–Kier alpha value is -3.85. The van der Waals surface area contributed by atoms with Crippen molar-refractivity contribution in [1.82, 2.24) is 9.47 Å². The highest BCUT2D eigenvalue weighted by molar-refractivity contribution is 7.07. The van der Waals surface area contributed by atoms with Crippen LogP contribution < -0.4 is 24.4 Å². The molecule has 9 heteroatoms. The van der Waals surface area contributed by atoms with E-state index < -0.39 is 6.04 Å². The Balaban J connectivity index is 2.04. The van der Waals surface area contributed by atoms with Gasteiger partial charge in [0.2, 0.25) is 0 Å². The van der Waals surface area contributed by atoms with Crippen LogP contribution >= 0.6 is 11.3 Å². The second-order valence-corrected chi connectivity index (χ2v) is 9.24. The minimum Gasteiger partial charge on any atom is -0.507 e. The summed E-state index contributed by atoms with van der Waals surface area (Å²) in [4.78, 5) is 34.4. The molecule has 1 amide bonds.